The third-order valence-electron chi connectivity index (χ3n) is 5.10. The fraction of sp³-hybridized carbons (Fsp3) is 0.609. The lowest BCUT2D eigenvalue weighted by Crippen LogP contribution is -2.12. The van der Waals surface area contributed by atoms with Crippen LogP contribution in [0.5, 0.6) is 0 Å². The van der Waals surface area contributed by atoms with Crippen molar-refractivity contribution in [2.24, 2.45) is 0 Å². The average molecular weight is 343 g/mol. The van der Waals surface area contributed by atoms with Gasteiger partial charge in [0.25, 0.3) is 0 Å². The van der Waals surface area contributed by atoms with Crippen molar-refractivity contribution in [3.8, 4) is 0 Å². The van der Waals surface area contributed by atoms with E-state index in [1.165, 1.54) is 36.8 Å². The quantitative estimate of drug-likeness (QED) is 0.431. The Morgan fingerprint density at radius 1 is 0.760 bits per heavy atom. The molecule has 0 aliphatic heterocycles. The Kier molecular flexibility index (Phi) is 8.24. The summed E-state index contributed by atoms with van der Waals surface area (Å²) in [5.74, 6) is 0. The minimum absolute atomic E-state index is 0.209. The summed E-state index contributed by atoms with van der Waals surface area (Å²) in [6.45, 7) is 6.63. The summed E-state index contributed by atoms with van der Waals surface area (Å²) in [5, 5.41) is 0.858. The van der Waals surface area contributed by atoms with E-state index in [1.807, 2.05) is 6.07 Å². The van der Waals surface area contributed by atoms with Crippen LogP contribution in [-0.2, 0) is 19.3 Å². The topological polar surface area (TPSA) is 30.2 Å². The second kappa shape index (κ2) is 10.4. The van der Waals surface area contributed by atoms with Crippen LogP contribution in [0.3, 0.4) is 0 Å². The van der Waals surface area contributed by atoms with Crippen molar-refractivity contribution in [3.05, 3.63) is 45.3 Å². The van der Waals surface area contributed by atoms with Crippen LogP contribution in [0.2, 0.25) is 0 Å². The van der Waals surface area contributed by atoms with Gasteiger partial charge in [0.05, 0.1) is 11.6 Å². The summed E-state index contributed by atoms with van der Waals surface area (Å²) in [5.41, 5.74) is 4.42. The van der Waals surface area contributed by atoms with Crippen LogP contribution >= 0.6 is 0 Å². The maximum Gasteiger partial charge on any atom is 0.196 e. The molecule has 2 heteroatoms. The first kappa shape index (κ1) is 19.8. The van der Waals surface area contributed by atoms with Gasteiger partial charge in [-0.3, -0.25) is 4.79 Å². The molecular weight excluding hydrogens is 308 g/mol. The summed E-state index contributed by atoms with van der Waals surface area (Å²) in [6, 6.07) is 4.19. The Bertz CT molecular complexity index is 707. The van der Waals surface area contributed by atoms with E-state index in [9.17, 15) is 4.79 Å². The number of aryl methyl sites for hydroxylation is 3. The lowest BCUT2D eigenvalue weighted by molar-refractivity contribution is 0.585. The molecule has 0 aliphatic carbocycles. The molecule has 0 atom stereocenters. The Hall–Kier alpha value is -1.57. The molecule has 0 bridgehead atoms. The van der Waals surface area contributed by atoms with Gasteiger partial charge < -0.3 is 4.42 Å². The molecule has 1 aromatic heterocycles. The molecule has 1 aromatic carbocycles. The van der Waals surface area contributed by atoms with Crippen molar-refractivity contribution in [2.75, 3.05) is 0 Å². The smallest absolute Gasteiger partial charge is 0.196 e. The highest BCUT2D eigenvalue weighted by Gasteiger charge is 2.14. The van der Waals surface area contributed by atoms with E-state index in [0.29, 0.717) is 0 Å². The lowest BCUT2D eigenvalue weighted by Gasteiger charge is -2.13. The van der Waals surface area contributed by atoms with E-state index in [2.05, 4.69) is 26.8 Å². The van der Waals surface area contributed by atoms with Gasteiger partial charge in [-0.15, -0.1) is 0 Å². The summed E-state index contributed by atoms with van der Waals surface area (Å²) >= 11 is 0. The highest BCUT2D eigenvalue weighted by molar-refractivity contribution is 5.82. The number of rotatable bonds is 11. The van der Waals surface area contributed by atoms with Crippen LogP contribution in [0.4, 0.5) is 0 Å². The fourth-order valence-corrected chi connectivity index (χ4v) is 3.54. The molecule has 0 unspecified atom stereocenters. The van der Waals surface area contributed by atoms with Crippen LogP contribution in [0.1, 0.15) is 88.8 Å². The summed E-state index contributed by atoms with van der Waals surface area (Å²) < 4.78 is 5.86. The van der Waals surface area contributed by atoms with E-state index in [0.717, 1.165) is 61.5 Å². The Morgan fingerprint density at radius 2 is 1.40 bits per heavy atom. The van der Waals surface area contributed by atoms with Crippen molar-refractivity contribution >= 4 is 11.0 Å². The van der Waals surface area contributed by atoms with Gasteiger partial charge in [0, 0.05) is 5.56 Å². The number of benzene rings is 1. The van der Waals surface area contributed by atoms with Crippen LogP contribution in [-0.4, -0.2) is 0 Å². The molecule has 0 fully saturated rings. The molecule has 138 valence electrons. The predicted octanol–water partition coefficient (Wildman–Crippen LogP) is 6.60. The minimum Gasteiger partial charge on any atom is -0.464 e. The van der Waals surface area contributed by atoms with Crippen molar-refractivity contribution in [3.63, 3.8) is 0 Å². The zero-order chi connectivity index (χ0) is 18.1. The second-order valence-electron chi connectivity index (χ2n) is 7.18. The Morgan fingerprint density at radius 3 is 2.04 bits per heavy atom. The molecule has 0 aliphatic rings. The molecule has 25 heavy (non-hydrogen) atoms. The van der Waals surface area contributed by atoms with Gasteiger partial charge in [0.2, 0.25) is 0 Å². The molecule has 1 heterocycles. The Labute approximate surface area is 152 Å². The molecule has 2 rings (SSSR count). The van der Waals surface area contributed by atoms with Gasteiger partial charge in [0.1, 0.15) is 5.58 Å². The standard InChI is InChI=1S/C23H34O2/c1-4-7-10-12-18-15-16-21-22(20(18)14-9-6-3)23(24)19(17-25-21)13-11-8-5-2/h15-17H,4-14H2,1-3H3. The minimum atomic E-state index is 0.209. The maximum absolute atomic E-state index is 13.1. The van der Waals surface area contributed by atoms with Gasteiger partial charge >= 0.3 is 0 Å². The van der Waals surface area contributed by atoms with Gasteiger partial charge in [-0.2, -0.15) is 0 Å². The molecule has 0 amide bonds. The van der Waals surface area contributed by atoms with E-state index < -0.39 is 0 Å². The molecule has 2 aromatic rings. The van der Waals surface area contributed by atoms with Crippen LogP contribution in [0.25, 0.3) is 11.0 Å². The lowest BCUT2D eigenvalue weighted by atomic mass is 9.93. The monoisotopic (exact) mass is 342 g/mol. The van der Waals surface area contributed by atoms with Crippen LogP contribution in [0, 0.1) is 0 Å². The third kappa shape index (κ3) is 5.20. The third-order valence-corrected chi connectivity index (χ3v) is 5.10. The zero-order valence-corrected chi connectivity index (χ0v) is 16.3. The molecule has 0 spiro atoms. The van der Waals surface area contributed by atoms with Crippen molar-refractivity contribution in [1.82, 2.24) is 0 Å². The first-order valence-electron chi connectivity index (χ1n) is 10.3. The molecule has 0 saturated carbocycles. The van der Waals surface area contributed by atoms with E-state index in [4.69, 9.17) is 4.42 Å². The zero-order valence-electron chi connectivity index (χ0n) is 16.3. The molecule has 0 saturated heterocycles. The van der Waals surface area contributed by atoms with Crippen LogP contribution in [0.15, 0.2) is 27.6 Å². The second-order valence-corrected chi connectivity index (χ2v) is 7.18. The largest absolute Gasteiger partial charge is 0.464 e. The predicted molar refractivity (Wildman–Crippen MR) is 108 cm³/mol. The average Bonchev–Trinajstić information content (AvgIpc) is 2.62. The van der Waals surface area contributed by atoms with Gasteiger partial charge in [-0.25, -0.2) is 0 Å². The number of hydrogen-bond donors (Lipinski definition) is 0. The van der Waals surface area contributed by atoms with E-state index in [1.54, 1.807) is 6.26 Å². The molecule has 2 nitrogen and oxygen atoms in total. The first-order chi connectivity index (χ1) is 12.2. The normalized spacial score (nSPS) is 11.3. The highest BCUT2D eigenvalue weighted by Crippen LogP contribution is 2.24. The van der Waals surface area contributed by atoms with Crippen LogP contribution < -0.4 is 5.43 Å². The number of hydrogen-bond acceptors (Lipinski definition) is 2. The van der Waals surface area contributed by atoms with E-state index in [-0.39, 0.29) is 5.43 Å². The highest BCUT2D eigenvalue weighted by atomic mass is 16.3. The van der Waals surface area contributed by atoms with E-state index >= 15 is 0 Å². The van der Waals surface area contributed by atoms with Crippen molar-refractivity contribution < 1.29 is 4.42 Å². The summed E-state index contributed by atoms with van der Waals surface area (Å²) in [7, 11) is 0. The molecular formula is C23H34O2. The SMILES string of the molecule is CCCCCc1ccc2occ(CCCCC)c(=O)c2c1CCCC. The fourth-order valence-electron chi connectivity index (χ4n) is 3.54. The van der Waals surface area contributed by atoms with Crippen molar-refractivity contribution in [1.29, 1.82) is 0 Å². The van der Waals surface area contributed by atoms with Crippen molar-refractivity contribution in [2.45, 2.75) is 91.4 Å². The Balaban J connectivity index is 2.44. The molecule has 0 radical (unpaired) electrons. The van der Waals surface area contributed by atoms with Gasteiger partial charge in [0.15, 0.2) is 5.43 Å². The molecule has 0 N–H and O–H groups in total. The summed E-state index contributed by atoms with van der Waals surface area (Å²) in [6.07, 6.45) is 13.9. The number of fused-ring (bicyclic) bond motifs is 1. The number of unbranched alkanes of at least 4 members (excludes halogenated alkanes) is 5. The summed E-state index contributed by atoms with van der Waals surface area (Å²) in [4.78, 5) is 13.1. The van der Waals surface area contributed by atoms with Gasteiger partial charge in [-0.05, 0) is 55.7 Å². The van der Waals surface area contributed by atoms with Gasteiger partial charge in [-0.1, -0.05) is 58.9 Å². The maximum atomic E-state index is 13.1. The first-order valence-corrected chi connectivity index (χ1v) is 10.3.